The van der Waals surface area contributed by atoms with Crippen LogP contribution in [0.3, 0.4) is 0 Å². The van der Waals surface area contributed by atoms with Crippen LogP contribution in [0.25, 0.3) is 0 Å². The van der Waals surface area contributed by atoms with E-state index in [9.17, 15) is 9.59 Å². The third kappa shape index (κ3) is 6.06. The fourth-order valence-electron chi connectivity index (χ4n) is 4.23. The Morgan fingerprint density at radius 1 is 1.12 bits per heavy atom. The second-order valence-corrected chi connectivity index (χ2v) is 8.04. The number of amides is 1. The average Bonchev–Trinajstić information content (AvgIpc) is 3.36. The van der Waals surface area contributed by atoms with Crippen LogP contribution in [-0.2, 0) is 9.59 Å². The zero-order valence-corrected chi connectivity index (χ0v) is 18.6. The normalized spacial score (nSPS) is 15.9. The zero-order valence-electron chi connectivity index (χ0n) is 18.6. The molecule has 1 amide bonds. The molecule has 0 bridgehead atoms. The van der Waals surface area contributed by atoms with Crippen molar-refractivity contribution in [2.75, 3.05) is 13.2 Å². The van der Waals surface area contributed by atoms with Crippen LogP contribution in [0.2, 0.25) is 0 Å². The third-order valence-electron chi connectivity index (χ3n) is 5.99. The van der Waals surface area contributed by atoms with E-state index in [0.29, 0.717) is 24.4 Å². The lowest BCUT2D eigenvalue weighted by molar-refractivity contribution is -0.134. The molecule has 6 nitrogen and oxygen atoms in total. The van der Waals surface area contributed by atoms with E-state index in [-0.39, 0.29) is 24.2 Å². The monoisotopic (exact) mass is 432 g/mol. The van der Waals surface area contributed by atoms with Crippen LogP contribution in [0.4, 0.5) is 5.69 Å². The lowest BCUT2D eigenvalue weighted by Crippen LogP contribution is -2.43. The number of carbonyl (C=O) groups is 2. The number of rotatable bonds is 10. The molecule has 1 aliphatic rings. The molecule has 3 N–H and O–H groups in total. The van der Waals surface area contributed by atoms with Gasteiger partial charge in [-0.1, -0.05) is 61.4 Å². The van der Waals surface area contributed by atoms with E-state index in [1.807, 2.05) is 67.6 Å². The Morgan fingerprint density at radius 3 is 2.34 bits per heavy atom. The molecule has 168 valence electrons. The molecule has 1 saturated carbocycles. The Kier molecular flexibility index (Phi) is 8.61. The van der Waals surface area contributed by atoms with Crippen LogP contribution in [0, 0.1) is 5.92 Å². The molecule has 0 radical (unpaired) electrons. The molecule has 6 heteroatoms. The fraction of sp³-hybridized carbons (Fsp3) is 0.346. The summed E-state index contributed by atoms with van der Waals surface area (Å²) < 4.78 is 0. The number of carbonyl (C=O) groups excluding carboxylic acids is 2. The predicted molar refractivity (Wildman–Crippen MR) is 128 cm³/mol. The van der Waals surface area contributed by atoms with E-state index >= 15 is 0 Å². The van der Waals surface area contributed by atoms with Gasteiger partial charge in [-0.05, 0) is 43.4 Å². The van der Waals surface area contributed by atoms with Gasteiger partial charge < -0.3 is 16.0 Å². The second kappa shape index (κ2) is 11.8. The van der Waals surface area contributed by atoms with Crippen LogP contribution < -0.4 is 11.1 Å². The number of nitrogens with one attached hydrogen (secondary N) is 1. The quantitative estimate of drug-likeness (QED) is 0.256. The Balaban J connectivity index is 1.76. The van der Waals surface area contributed by atoms with Gasteiger partial charge in [0.15, 0.2) is 6.29 Å². The van der Waals surface area contributed by atoms with E-state index < -0.39 is 0 Å². The maximum absolute atomic E-state index is 13.6. The minimum absolute atomic E-state index is 0.0450. The summed E-state index contributed by atoms with van der Waals surface area (Å²) in [5.41, 5.74) is 8.15. The van der Waals surface area contributed by atoms with Crippen molar-refractivity contribution in [1.29, 1.82) is 0 Å². The number of nitrogens with zero attached hydrogens (tertiary/aromatic N) is 2. The number of aliphatic imine (C=N–C) groups is 1. The number of aldehydes is 1. The van der Waals surface area contributed by atoms with E-state index in [2.05, 4.69) is 10.3 Å². The van der Waals surface area contributed by atoms with Crippen LogP contribution in [0.1, 0.15) is 44.1 Å². The second-order valence-electron chi connectivity index (χ2n) is 8.04. The largest absolute Gasteiger partial charge is 0.394 e. The minimum Gasteiger partial charge on any atom is -0.394 e. The minimum atomic E-state index is -0.158. The lowest BCUT2D eigenvalue weighted by Gasteiger charge is -2.30. The molecule has 2 aromatic rings. The van der Waals surface area contributed by atoms with Crippen molar-refractivity contribution in [3.63, 3.8) is 0 Å². The van der Waals surface area contributed by atoms with Crippen molar-refractivity contribution in [3.8, 4) is 0 Å². The van der Waals surface area contributed by atoms with Crippen molar-refractivity contribution >= 4 is 24.1 Å². The highest BCUT2D eigenvalue weighted by Crippen LogP contribution is 2.38. The zero-order chi connectivity index (χ0) is 22.8. The summed E-state index contributed by atoms with van der Waals surface area (Å²) >= 11 is 0. The Labute approximate surface area is 190 Å². The summed E-state index contributed by atoms with van der Waals surface area (Å²) in [7, 11) is 0. The molecule has 0 heterocycles. The number of para-hydroxylation sites is 1. The average molecular weight is 433 g/mol. The van der Waals surface area contributed by atoms with Gasteiger partial charge >= 0.3 is 0 Å². The van der Waals surface area contributed by atoms with Crippen molar-refractivity contribution < 1.29 is 9.59 Å². The molecule has 0 aromatic heterocycles. The summed E-state index contributed by atoms with van der Waals surface area (Å²) in [6, 6.07) is 19.5. The van der Waals surface area contributed by atoms with Gasteiger partial charge in [0, 0.05) is 6.54 Å². The van der Waals surface area contributed by atoms with Crippen molar-refractivity contribution in [2.24, 2.45) is 16.6 Å². The maximum atomic E-state index is 13.6. The summed E-state index contributed by atoms with van der Waals surface area (Å²) in [5, 5.41) is 3.15. The van der Waals surface area contributed by atoms with Crippen LogP contribution >= 0.6 is 0 Å². The van der Waals surface area contributed by atoms with Gasteiger partial charge in [0.25, 0.3) is 0 Å². The first kappa shape index (κ1) is 23.3. The standard InChI is InChI=1S/C26H32N4O2/c1-2-30(19-29-24(23(27)18-31)17-28-22-15-7-4-8-16-22)26(32)25(21-13-9-10-14-21)20-11-5-3-6-12-20/h3-8,11-12,15-18,21,25,29H,2,9-10,13-14,19,27H2,1H3/b24-23-,28-17?. The number of likely N-dealkylation sites (N-methyl/N-ethyl adjacent to an activating group) is 1. The van der Waals surface area contributed by atoms with Gasteiger partial charge in [-0.2, -0.15) is 0 Å². The molecule has 1 unspecified atom stereocenters. The topological polar surface area (TPSA) is 87.8 Å². The molecule has 0 spiro atoms. The highest BCUT2D eigenvalue weighted by molar-refractivity contribution is 5.89. The summed E-state index contributed by atoms with van der Waals surface area (Å²) in [6.07, 6.45) is 6.60. The van der Waals surface area contributed by atoms with Crippen molar-refractivity contribution in [2.45, 2.75) is 38.5 Å². The highest BCUT2D eigenvalue weighted by atomic mass is 16.2. The Hall–Kier alpha value is -3.41. The first-order valence-electron chi connectivity index (χ1n) is 11.3. The summed E-state index contributed by atoms with van der Waals surface area (Å²) in [5.74, 6) is 0.296. The van der Waals surface area contributed by atoms with E-state index in [4.69, 9.17) is 5.73 Å². The number of hydrogen-bond donors (Lipinski definition) is 2. The first-order chi connectivity index (χ1) is 15.6. The third-order valence-corrected chi connectivity index (χ3v) is 5.99. The van der Waals surface area contributed by atoms with Gasteiger partial charge in [-0.25, -0.2) is 0 Å². The molecule has 1 aliphatic carbocycles. The SMILES string of the molecule is CCN(CN/C(C=Nc1ccccc1)=C(\N)C=O)C(=O)C(c1ccccc1)C1CCCC1. The Morgan fingerprint density at radius 2 is 1.75 bits per heavy atom. The molecular formula is C26H32N4O2. The van der Waals surface area contributed by atoms with Crippen molar-refractivity contribution in [1.82, 2.24) is 10.2 Å². The summed E-state index contributed by atoms with van der Waals surface area (Å²) in [4.78, 5) is 31.1. The number of allylic oxidation sites excluding steroid dienone is 2. The van der Waals surface area contributed by atoms with Crippen LogP contribution in [0.5, 0.6) is 0 Å². The van der Waals surface area contributed by atoms with Crippen molar-refractivity contribution in [3.05, 3.63) is 77.6 Å². The molecule has 1 atom stereocenters. The smallest absolute Gasteiger partial charge is 0.231 e. The van der Waals surface area contributed by atoms with Crippen LogP contribution in [0.15, 0.2) is 77.1 Å². The molecule has 1 fully saturated rings. The van der Waals surface area contributed by atoms with E-state index in [1.165, 1.54) is 19.1 Å². The lowest BCUT2D eigenvalue weighted by atomic mass is 9.83. The number of benzene rings is 2. The molecule has 3 rings (SSSR count). The van der Waals surface area contributed by atoms with E-state index in [1.54, 1.807) is 4.90 Å². The molecule has 0 aliphatic heterocycles. The van der Waals surface area contributed by atoms with E-state index in [0.717, 1.165) is 24.1 Å². The predicted octanol–water partition coefficient (Wildman–Crippen LogP) is 4.13. The summed E-state index contributed by atoms with van der Waals surface area (Å²) in [6.45, 7) is 2.75. The van der Waals surface area contributed by atoms with Crippen LogP contribution in [-0.4, -0.2) is 36.5 Å². The molecule has 2 aromatic carbocycles. The fourth-order valence-corrected chi connectivity index (χ4v) is 4.23. The van der Waals surface area contributed by atoms with Gasteiger partial charge in [0.05, 0.1) is 35.9 Å². The maximum Gasteiger partial charge on any atom is 0.231 e. The van der Waals surface area contributed by atoms with Gasteiger partial charge in [-0.15, -0.1) is 0 Å². The highest BCUT2D eigenvalue weighted by Gasteiger charge is 2.34. The first-order valence-corrected chi connectivity index (χ1v) is 11.3. The number of hydrogen-bond acceptors (Lipinski definition) is 5. The van der Waals surface area contributed by atoms with Gasteiger partial charge in [0.2, 0.25) is 5.91 Å². The Bertz CT molecular complexity index is 935. The van der Waals surface area contributed by atoms with Gasteiger partial charge in [0.1, 0.15) is 0 Å². The van der Waals surface area contributed by atoms with Gasteiger partial charge in [-0.3, -0.25) is 14.6 Å². The number of nitrogens with two attached hydrogens (primary N) is 1. The molecule has 32 heavy (non-hydrogen) atoms. The molecule has 0 saturated heterocycles. The molecular weight excluding hydrogens is 400 g/mol.